The zero-order chi connectivity index (χ0) is 22.3. The number of hydrogen-bond donors (Lipinski definition) is 1. The quantitative estimate of drug-likeness (QED) is 0.689. The molecule has 7 nitrogen and oxygen atoms in total. The van der Waals surface area contributed by atoms with Crippen molar-refractivity contribution in [1.82, 2.24) is 9.62 Å². The molecule has 0 saturated carbocycles. The van der Waals surface area contributed by atoms with Crippen LogP contribution >= 0.6 is 15.9 Å². The van der Waals surface area contributed by atoms with Gasteiger partial charge >= 0.3 is 0 Å². The zero-order valence-corrected chi connectivity index (χ0v) is 20.4. The Bertz CT molecular complexity index is 948. The van der Waals surface area contributed by atoms with Crippen LogP contribution in [0.2, 0.25) is 0 Å². The number of carbonyl (C=O) groups excluding carboxylic acids is 2. The predicted molar refractivity (Wildman–Crippen MR) is 120 cm³/mol. The third-order valence-corrected chi connectivity index (χ3v) is 8.43. The molecule has 2 aliphatic heterocycles. The molecular formula is C21H30BrN3O4S. The third-order valence-electron chi connectivity index (χ3n) is 5.57. The monoisotopic (exact) mass is 499 g/mol. The summed E-state index contributed by atoms with van der Waals surface area (Å²) in [5, 5.41) is 2.98. The number of amides is 2. The SMILES string of the molecule is CCC(=O)N1CCc2cc(Br)c(S(=O)(=O)N3CCC(C(=O)NC(C)(C)C)CC3)cc21. The third kappa shape index (κ3) is 4.73. The first-order valence-corrected chi connectivity index (χ1v) is 12.6. The van der Waals surface area contributed by atoms with E-state index in [0.717, 1.165) is 5.56 Å². The molecule has 0 unspecified atom stereocenters. The number of sulfonamides is 1. The highest BCUT2D eigenvalue weighted by molar-refractivity contribution is 9.10. The van der Waals surface area contributed by atoms with Gasteiger partial charge in [-0.1, -0.05) is 6.92 Å². The summed E-state index contributed by atoms with van der Waals surface area (Å²) in [6, 6.07) is 3.43. The lowest BCUT2D eigenvalue weighted by atomic mass is 9.96. The van der Waals surface area contributed by atoms with Gasteiger partial charge in [0.2, 0.25) is 21.8 Å². The van der Waals surface area contributed by atoms with E-state index >= 15 is 0 Å². The molecule has 3 rings (SSSR count). The summed E-state index contributed by atoms with van der Waals surface area (Å²) in [5.74, 6) is -0.214. The first kappa shape index (κ1) is 23.2. The van der Waals surface area contributed by atoms with Gasteiger partial charge in [-0.25, -0.2) is 8.42 Å². The van der Waals surface area contributed by atoms with Crippen LogP contribution < -0.4 is 10.2 Å². The van der Waals surface area contributed by atoms with E-state index in [1.165, 1.54) is 4.31 Å². The fraction of sp³-hybridized carbons (Fsp3) is 0.619. The summed E-state index contributed by atoms with van der Waals surface area (Å²) in [5.41, 5.74) is 1.35. The summed E-state index contributed by atoms with van der Waals surface area (Å²) < 4.78 is 28.7. The summed E-state index contributed by atoms with van der Waals surface area (Å²) in [7, 11) is -3.74. The van der Waals surface area contributed by atoms with Gasteiger partial charge in [0, 0.05) is 47.7 Å². The van der Waals surface area contributed by atoms with Crippen molar-refractivity contribution in [3.8, 4) is 0 Å². The molecule has 9 heteroatoms. The van der Waals surface area contributed by atoms with Crippen LogP contribution in [0.15, 0.2) is 21.5 Å². The van der Waals surface area contributed by atoms with Crippen molar-refractivity contribution in [2.45, 2.75) is 63.8 Å². The Hall–Kier alpha value is -1.45. The maximum Gasteiger partial charge on any atom is 0.244 e. The molecule has 2 heterocycles. The van der Waals surface area contributed by atoms with Gasteiger partial charge in [-0.2, -0.15) is 4.31 Å². The first-order chi connectivity index (χ1) is 13.9. The minimum atomic E-state index is -3.74. The molecule has 1 fully saturated rings. The van der Waals surface area contributed by atoms with Gasteiger partial charge in [0.05, 0.1) is 4.90 Å². The Balaban J connectivity index is 1.79. The van der Waals surface area contributed by atoms with Gasteiger partial charge in [-0.3, -0.25) is 9.59 Å². The molecule has 30 heavy (non-hydrogen) atoms. The van der Waals surface area contributed by atoms with Crippen LogP contribution in [0, 0.1) is 5.92 Å². The number of anilines is 1. The Morgan fingerprint density at radius 2 is 1.80 bits per heavy atom. The van der Waals surface area contributed by atoms with Crippen LogP contribution in [0.25, 0.3) is 0 Å². The molecule has 1 aromatic rings. The minimum Gasteiger partial charge on any atom is -0.351 e. The summed E-state index contributed by atoms with van der Waals surface area (Å²) in [6.07, 6.45) is 2.07. The van der Waals surface area contributed by atoms with Crippen LogP contribution in [-0.4, -0.2) is 49.7 Å². The van der Waals surface area contributed by atoms with Gasteiger partial charge in [-0.15, -0.1) is 0 Å². The molecule has 0 aromatic heterocycles. The molecule has 0 atom stereocenters. The van der Waals surface area contributed by atoms with E-state index in [4.69, 9.17) is 0 Å². The number of hydrogen-bond acceptors (Lipinski definition) is 4. The van der Waals surface area contributed by atoms with E-state index in [1.807, 2.05) is 26.8 Å². The summed E-state index contributed by atoms with van der Waals surface area (Å²) in [6.45, 7) is 8.77. The highest BCUT2D eigenvalue weighted by Gasteiger charge is 2.35. The Labute approximate surface area is 187 Å². The molecule has 2 amide bonds. The van der Waals surface area contributed by atoms with Crippen molar-refractivity contribution >= 4 is 43.5 Å². The topological polar surface area (TPSA) is 86.8 Å². The van der Waals surface area contributed by atoms with Crippen molar-refractivity contribution in [3.05, 3.63) is 22.2 Å². The van der Waals surface area contributed by atoms with Gasteiger partial charge in [-0.05, 0) is 73.7 Å². The number of nitrogens with one attached hydrogen (secondary N) is 1. The molecule has 2 aliphatic rings. The van der Waals surface area contributed by atoms with E-state index in [2.05, 4.69) is 21.2 Å². The number of carbonyl (C=O) groups is 2. The summed E-state index contributed by atoms with van der Waals surface area (Å²) in [4.78, 5) is 26.5. The van der Waals surface area contributed by atoms with E-state index in [1.54, 1.807) is 17.9 Å². The van der Waals surface area contributed by atoms with Crippen molar-refractivity contribution in [2.24, 2.45) is 5.92 Å². The lowest BCUT2D eigenvalue weighted by molar-refractivity contribution is -0.127. The molecule has 1 saturated heterocycles. The van der Waals surface area contributed by atoms with Crippen LogP contribution in [0.5, 0.6) is 0 Å². The Kier molecular flexibility index (Phi) is 6.65. The number of benzene rings is 1. The molecule has 0 radical (unpaired) electrons. The number of piperidine rings is 1. The van der Waals surface area contributed by atoms with E-state index in [9.17, 15) is 18.0 Å². The lowest BCUT2D eigenvalue weighted by Crippen LogP contribution is -2.47. The molecule has 0 aliphatic carbocycles. The predicted octanol–water partition coefficient (Wildman–Crippen LogP) is 3.06. The summed E-state index contributed by atoms with van der Waals surface area (Å²) >= 11 is 3.42. The highest BCUT2D eigenvalue weighted by Crippen LogP contribution is 2.37. The normalized spacial score (nSPS) is 18.4. The standard InChI is InChI=1S/C21H30BrN3O4S/c1-5-19(26)25-11-8-15-12-16(22)18(13-17(15)25)30(28,29)24-9-6-14(7-10-24)20(27)23-21(2,3)4/h12-14H,5-11H2,1-4H3,(H,23,27). The fourth-order valence-corrected chi connectivity index (χ4v) is 6.54. The minimum absolute atomic E-state index is 0.00917. The van der Waals surface area contributed by atoms with E-state index in [0.29, 0.717) is 55.5 Å². The molecule has 0 bridgehead atoms. The number of nitrogens with zero attached hydrogens (tertiary/aromatic N) is 2. The second-order valence-corrected chi connectivity index (χ2v) is 11.7. The average Bonchev–Trinajstić information content (AvgIpc) is 3.08. The van der Waals surface area contributed by atoms with Gasteiger partial charge in [0.25, 0.3) is 0 Å². The maximum atomic E-state index is 13.4. The van der Waals surface area contributed by atoms with E-state index in [-0.39, 0.29) is 28.2 Å². The second-order valence-electron chi connectivity index (χ2n) is 8.98. The fourth-order valence-electron chi connectivity index (χ4n) is 4.00. The molecular weight excluding hydrogens is 470 g/mol. The van der Waals surface area contributed by atoms with Crippen LogP contribution in [0.1, 0.15) is 52.5 Å². The molecule has 166 valence electrons. The average molecular weight is 500 g/mol. The number of fused-ring (bicyclic) bond motifs is 1. The smallest absolute Gasteiger partial charge is 0.244 e. The van der Waals surface area contributed by atoms with Crippen molar-refractivity contribution in [2.75, 3.05) is 24.5 Å². The van der Waals surface area contributed by atoms with Gasteiger partial charge in [0.15, 0.2) is 0 Å². The largest absolute Gasteiger partial charge is 0.351 e. The van der Waals surface area contributed by atoms with Crippen LogP contribution in [0.3, 0.4) is 0 Å². The lowest BCUT2D eigenvalue weighted by Gasteiger charge is -2.32. The Morgan fingerprint density at radius 3 is 2.37 bits per heavy atom. The maximum absolute atomic E-state index is 13.4. The molecule has 1 N–H and O–H groups in total. The molecule has 0 spiro atoms. The van der Waals surface area contributed by atoms with Crippen molar-refractivity contribution in [3.63, 3.8) is 0 Å². The van der Waals surface area contributed by atoms with Crippen LogP contribution in [-0.2, 0) is 26.0 Å². The highest BCUT2D eigenvalue weighted by atomic mass is 79.9. The molecule has 1 aromatic carbocycles. The van der Waals surface area contributed by atoms with Crippen molar-refractivity contribution in [1.29, 1.82) is 0 Å². The van der Waals surface area contributed by atoms with Crippen molar-refractivity contribution < 1.29 is 18.0 Å². The number of halogens is 1. The number of rotatable bonds is 4. The first-order valence-electron chi connectivity index (χ1n) is 10.4. The zero-order valence-electron chi connectivity index (χ0n) is 18.0. The second kappa shape index (κ2) is 8.59. The van der Waals surface area contributed by atoms with E-state index < -0.39 is 10.0 Å². The van der Waals surface area contributed by atoms with Gasteiger partial charge in [0.1, 0.15) is 0 Å². The van der Waals surface area contributed by atoms with Crippen LogP contribution in [0.4, 0.5) is 5.69 Å². The van der Waals surface area contributed by atoms with Gasteiger partial charge < -0.3 is 10.2 Å². The Morgan fingerprint density at radius 1 is 1.17 bits per heavy atom.